The molecule has 0 aromatic heterocycles. The maximum Gasteiger partial charge on any atom is 0.247 e. The van der Waals surface area contributed by atoms with Crippen LogP contribution in [0.1, 0.15) is 18.1 Å². The van der Waals surface area contributed by atoms with Crippen molar-refractivity contribution in [3.63, 3.8) is 0 Å². The van der Waals surface area contributed by atoms with Crippen molar-refractivity contribution in [3.05, 3.63) is 58.1 Å². The van der Waals surface area contributed by atoms with Gasteiger partial charge in [0.1, 0.15) is 10.6 Å². The Kier molecular flexibility index (Phi) is 5.36. The van der Waals surface area contributed by atoms with Crippen LogP contribution in [0, 0.1) is 0 Å². The number of fused-ring (bicyclic) bond motifs is 1. The largest absolute Gasteiger partial charge is 0.548 e. The minimum Gasteiger partial charge on any atom is -0.548 e. The van der Waals surface area contributed by atoms with Gasteiger partial charge in [0, 0.05) is 11.0 Å². The highest BCUT2D eigenvalue weighted by Gasteiger charge is 2.38. The normalized spacial score (nSPS) is 17.5. The van der Waals surface area contributed by atoms with Gasteiger partial charge >= 0.3 is 0 Å². The molecule has 0 saturated carbocycles. The SMILES string of the molecule is CCOc1ccc(Br)cc1S(=O)(=O)N1Cc2ccccc2C[C@H]1C(=O)[O-]. The molecule has 1 atom stereocenters. The lowest BCUT2D eigenvalue weighted by Crippen LogP contribution is -2.53. The number of rotatable bonds is 5. The van der Waals surface area contributed by atoms with Crippen LogP contribution in [0.15, 0.2) is 51.8 Å². The van der Waals surface area contributed by atoms with Crippen LogP contribution in [0.2, 0.25) is 0 Å². The fraction of sp³-hybridized carbons (Fsp3) is 0.278. The van der Waals surface area contributed by atoms with Gasteiger partial charge in [-0.25, -0.2) is 8.42 Å². The molecular formula is C18H17BrNO5S-. The van der Waals surface area contributed by atoms with Crippen molar-refractivity contribution >= 4 is 31.9 Å². The van der Waals surface area contributed by atoms with Crippen LogP contribution < -0.4 is 9.84 Å². The Hall–Kier alpha value is -1.90. The Morgan fingerprint density at radius 3 is 2.62 bits per heavy atom. The summed E-state index contributed by atoms with van der Waals surface area (Å²) < 4.78 is 33.6. The zero-order chi connectivity index (χ0) is 18.9. The number of nitrogens with zero attached hydrogens (tertiary/aromatic N) is 1. The number of carboxylic acid groups (broad SMARTS) is 1. The van der Waals surface area contributed by atoms with Crippen LogP contribution in [0.25, 0.3) is 0 Å². The lowest BCUT2D eigenvalue weighted by Gasteiger charge is -2.36. The predicted molar refractivity (Wildman–Crippen MR) is 97.0 cm³/mol. The first kappa shape index (κ1) is 18.9. The third-order valence-corrected chi connectivity index (χ3v) is 6.64. The Morgan fingerprint density at radius 1 is 1.27 bits per heavy atom. The van der Waals surface area contributed by atoms with Gasteiger partial charge in [-0.05, 0) is 42.7 Å². The van der Waals surface area contributed by atoms with Crippen LogP contribution >= 0.6 is 15.9 Å². The van der Waals surface area contributed by atoms with Crippen LogP contribution in [0.4, 0.5) is 0 Å². The summed E-state index contributed by atoms with van der Waals surface area (Å²) in [7, 11) is -4.12. The van der Waals surface area contributed by atoms with Crippen molar-refractivity contribution in [2.75, 3.05) is 6.61 Å². The Bertz CT molecular complexity index is 944. The van der Waals surface area contributed by atoms with E-state index in [4.69, 9.17) is 4.74 Å². The second-order valence-corrected chi connectivity index (χ2v) is 8.66. The molecule has 0 amide bonds. The number of aliphatic carboxylic acids is 1. The third-order valence-electron chi connectivity index (χ3n) is 4.27. The topological polar surface area (TPSA) is 86.7 Å². The fourth-order valence-electron chi connectivity index (χ4n) is 3.04. The van der Waals surface area contributed by atoms with E-state index in [1.54, 1.807) is 43.3 Å². The van der Waals surface area contributed by atoms with Gasteiger partial charge in [0.15, 0.2) is 0 Å². The standard InChI is InChI=1S/C18H18BrNO5S/c1-2-25-16-8-7-14(19)10-17(16)26(23,24)20-11-13-6-4-3-5-12(13)9-15(20)18(21)22/h3-8,10,15H,2,9,11H2,1H3,(H,21,22)/p-1/t15-/m0/s1. The van der Waals surface area contributed by atoms with Gasteiger partial charge in [0.05, 0.1) is 18.6 Å². The molecule has 3 rings (SSSR count). The van der Waals surface area contributed by atoms with E-state index in [0.717, 1.165) is 15.4 Å². The van der Waals surface area contributed by atoms with E-state index in [9.17, 15) is 18.3 Å². The first-order chi connectivity index (χ1) is 12.3. The van der Waals surface area contributed by atoms with Crippen LogP contribution in [-0.2, 0) is 27.8 Å². The third kappa shape index (κ3) is 3.49. The summed E-state index contributed by atoms with van der Waals surface area (Å²) in [4.78, 5) is 11.6. The van der Waals surface area contributed by atoms with Gasteiger partial charge < -0.3 is 14.6 Å². The molecular weight excluding hydrogens is 422 g/mol. The van der Waals surface area contributed by atoms with E-state index in [1.165, 1.54) is 6.07 Å². The molecule has 0 fully saturated rings. The predicted octanol–water partition coefficient (Wildman–Crippen LogP) is 1.71. The molecule has 0 saturated heterocycles. The molecule has 0 bridgehead atoms. The highest BCUT2D eigenvalue weighted by molar-refractivity contribution is 9.10. The number of benzene rings is 2. The molecule has 0 aliphatic carbocycles. The summed E-state index contributed by atoms with van der Waals surface area (Å²) in [6.45, 7) is 2.01. The monoisotopic (exact) mass is 438 g/mol. The first-order valence-electron chi connectivity index (χ1n) is 8.06. The minimum absolute atomic E-state index is 0.0325. The maximum atomic E-state index is 13.3. The number of halogens is 1. The molecule has 26 heavy (non-hydrogen) atoms. The van der Waals surface area contributed by atoms with Gasteiger partial charge in [-0.1, -0.05) is 40.2 Å². The van der Waals surface area contributed by atoms with Crippen molar-refractivity contribution < 1.29 is 23.1 Å². The molecule has 1 aliphatic heterocycles. The number of carbonyl (C=O) groups excluding carboxylic acids is 1. The number of hydrogen-bond donors (Lipinski definition) is 0. The van der Waals surface area contributed by atoms with Gasteiger partial charge in [-0.2, -0.15) is 4.31 Å². The Labute approximate surface area is 160 Å². The average molecular weight is 439 g/mol. The molecule has 0 spiro atoms. The van der Waals surface area contributed by atoms with E-state index in [0.29, 0.717) is 4.47 Å². The fourth-order valence-corrected chi connectivity index (χ4v) is 5.26. The summed E-state index contributed by atoms with van der Waals surface area (Å²) in [5.41, 5.74) is 1.59. The number of hydrogen-bond acceptors (Lipinski definition) is 5. The zero-order valence-corrected chi connectivity index (χ0v) is 16.4. The van der Waals surface area contributed by atoms with Gasteiger partial charge in [0.2, 0.25) is 10.0 Å². The van der Waals surface area contributed by atoms with Crippen LogP contribution in [0.5, 0.6) is 5.75 Å². The second-order valence-electron chi connectivity index (χ2n) is 5.88. The van der Waals surface area contributed by atoms with Crippen molar-refractivity contribution in [1.82, 2.24) is 4.31 Å². The lowest BCUT2D eigenvalue weighted by atomic mass is 9.96. The van der Waals surface area contributed by atoms with Crippen molar-refractivity contribution in [2.24, 2.45) is 0 Å². The summed E-state index contributed by atoms with van der Waals surface area (Å²) in [6, 6.07) is 10.6. The Balaban J connectivity index is 2.11. The molecule has 0 N–H and O–H groups in total. The number of carboxylic acids is 1. The van der Waals surface area contributed by atoms with Crippen molar-refractivity contribution in [1.29, 1.82) is 0 Å². The van der Waals surface area contributed by atoms with Crippen LogP contribution in [-0.4, -0.2) is 31.3 Å². The number of carbonyl (C=O) groups is 1. The lowest BCUT2D eigenvalue weighted by molar-refractivity contribution is -0.310. The smallest absolute Gasteiger partial charge is 0.247 e. The number of ether oxygens (including phenoxy) is 1. The molecule has 2 aromatic rings. The number of sulfonamides is 1. The average Bonchev–Trinajstić information content (AvgIpc) is 2.62. The summed E-state index contributed by atoms with van der Waals surface area (Å²) >= 11 is 3.27. The molecule has 1 heterocycles. The highest BCUT2D eigenvalue weighted by atomic mass is 79.9. The zero-order valence-electron chi connectivity index (χ0n) is 14.0. The molecule has 0 radical (unpaired) electrons. The summed E-state index contributed by atoms with van der Waals surface area (Å²) in [5, 5.41) is 11.7. The van der Waals surface area contributed by atoms with Gasteiger partial charge in [-0.15, -0.1) is 0 Å². The molecule has 6 nitrogen and oxygen atoms in total. The molecule has 8 heteroatoms. The molecule has 0 unspecified atom stereocenters. The minimum atomic E-state index is -4.12. The van der Waals surface area contributed by atoms with Crippen molar-refractivity contribution in [3.8, 4) is 5.75 Å². The maximum absolute atomic E-state index is 13.3. The van der Waals surface area contributed by atoms with E-state index in [-0.39, 0.29) is 30.2 Å². The summed E-state index contributed by atoms with van der Waals surface area (Å²) in [6.07, 6.45) is 0.0652. The van der Waals surface area contributed by atoms with Crippen molar-refractivity contribution in [2.45, 2.75) is 30.8 Å². The van der Waals surface area contributed by atoms with Gasteiger partial charge in [-0.3, -0.25) is 0 Å². The van der Waals surface area contributed by atoms with E-state index in [2.05, 4.69) is 15.9 Å². The molecule has 138 valence electrons. The molecule has 2 aromatic carbocycles. The van der Waals surface area contributed by atoms with E-state index < -0.39 is 22.0 Å². The van der Waals surface area contributed by atoms with Gasteiger partial charge in [0.25, 0.3) is 0 Å². The highest BCUT2D eigenvalue weighted by Crippen LogP contribution is 2.34. The first-order valence-corrected chi connectivity index (χ1v) is 10.3. The Morgan fingerprint density at radius 2 is 1.96 bits per heavy atom. The second kappa shape index (κ2) is 7.38. The summed E-state index contributed by atoms with van der Waals surface area (Å²) in [5.74, 6) is -1.23. The quantitative estimate of drug-likeness (QED) is 0.708. The van der Waals surface area contributed by atoms with E-state index in [1.807, 2.05) is 0 Å². The van der Waals surface area contributed by atoms with Crippen LogP contribution in [0.3, 0.4) is 0 Å². The molecule has 1 aliphatic rings. The van der Waals surface area contributed by atoms with E-state index >= 15 is 0 Å².